The molecule has 0 aliphatic carbocycles. The Kier molecular flexibility index (Phi) is 10.4. The highest BCUT2D eigenvalue weighted by atomic mass is 32.2. The number of hydrogen-bond acceptors (Lipinski definition) is 8. The molecule has 0 bridgehead atoms. The highest BCUT2D eigenvalue weighted by Gasteiger charge is 2.34. The topological polar surface area (TPSA) is 124 Å². The molecule has 1 atom stereocenters. The van der Waals surface area contributed by atoms with Gasteiger partial charge >= 0.3 is 0 Å². The fourth-order valence-corrected chi connectivity index (χ4v) is 5.61. The zero-order valence-corrected chi connectivity index (χ0v) is 24.7. The number of amides is 2. The van der Waals surface area contributed by atoms with Crippen LogP contribution in [0.5, 0.6) is 23.0 Å². The van der Waals surface area contributed by atoms with Gasteiger partial charge < -0.3 is 29.2 Å². The molecule has 0 radical (unpaired) electrons. The molecular formula is C29H35N3O8S. The molecule has 0 fully saturated rings. The number of likely N-dealkylation sites (N-methyl/N-ethyl adjacent to an activating group) is 1. The van der Waals surface area contributed by atoms with Gasteiger partial charge in [0.1, 0.15) is 24.1 Å². The van der Waals surface area contributed by atoms with Crippen molar-refractivity contribution in [1.29, 1.82) is 0 Å². The summed E-state index contributed by atoms with van der Waals surface area (Å²) in [6, 6.07) is 17.0. The lowest BCUT2D eigenvalue weighted by molar-refractivity contribution is -0.139. The average Bonchev–Trinajstić information content (AvgIpc) is 3.01. The number of anilines is 1. The predicted octanol–water partition coefficient (Wildman–Crippen LogP) is 3.08. The van der Waals surface area contributed by atoms with E-state index in [0.717, 1.165) is 9.87 Å². The Bertz CT molecular complexity index is 1460. The van der Waals surface area contributed by atoms with Crippen LogP contribution in [0.15, 0.2) is 71.6 Å². The highest BCUT2D eigenvalue weighted by molar-refractivity contribution is 7.92. The van der Waals surface area contributed by atoms with Crippen LogP contribution in [-0.4, -0.2) is 73.2 Å². The number of rotatable bonds is 13. The van der Waals surface area contributed by atoms with Gasteiger partial charge in [0, 0.05) is 25.7 Å². The summed E-state index contributed by atoms with van der Waals surface area (Å²) in [6.07, 6.45) is 0. The molecule has 2 amide bonds. The molecule has 0 saturated heterocycles. The number of sulfonamides is 1. The van der Waals surface area contributed by atoms with Gasteiger partial charge in [-0.2, -0.15) is 0 Å². The second-order valence-corrected chi connectivity index (χ2v) is 10.7. The van der Waals surface area contributed by atoms with Crippen molar-refractivity contribution in [2.24, 2.45) is 0 Å². The first-order valence-electron chi connectivity index (χ1n) is 12.6. The van der Waals surface area contributed by atoms with E-state index in [1.165, 1.54) is 64.7 Å². The zero-order valence-electron chi connectivity index (χ0n) is 23.9. The summed E-state index contributed by atoms with van der Waals surface area (Å²) in [7, 11) is 2.73. The Labute approximate surface area is 240 Å². The summed E-state index contributed by atoms with van der Waals surface area (Å²) >= 11 is 0. The summed E-state index contributed by atoms with van der Waals surface area (Å²) in [5.74, 6) is 0.0523. The van der Waals surface area contributed by atoms with E-state index in [-0.39, 0.29) is 28.6 Å². The highest BCUT2D eigenvalue weighted by Crippen LogP contribution is 2.37. The Balaban J connectivity index is 2.17. The molecular weight excluding hydrogens is 550 g/mol. The van der Waals surface area contributed by atoms with Crippen LogP contribution in [0.4, 0.5) is 5.69 Å². The largest absolute Gasteiger partial charge is 0.497 e. The second-order valence-electron chi connectivity index (χ2n) is 8.86. The Morgan fingerprint density at radius 2 is 1.46 bits per heavy atom. The van der Waals surface area contributed by atoms with E-state index < -0.39 is 34.4 Å². The molecule has 41 heavy (non-hydrogen) atoms. The monoisotopic (exact) mass is 585 g/mol. The lowest BCUT2D eigenvalue weighted by Crippen LogP contribution is -2.50. The number of nitrogens with zero attached hydrogens (tertiary/aromatic N) is 2. The van der Waals surface area contributed by atoms with Gasteiger partial charge in [0.15, 0.2) is 11.5 Å². The minimum absolute atomic E-state index is 0.0715. The molecule has 3 aromatic rings. The van der Waals surface area contributed by atoms with Crippen LogP contribution < -0.4 is 28.6 Å². The number of nitrogens with one attached hydrogen (secondary N) is 1. The third kappa shape index (κ3) is 7.01. The maximum absolute atomic E-state index is 14.2. The SMILES string of the molecule is CNC(=O)[C@H](C)N(Cc1ccccc1)C(=O)CN(c1cc(OC)ccc1OC)S(=O)(=O)c1ccc(OC)c(OC)c1. The van der Waals surface area contributed by atoms with Crippen LogP contribution >= 0.6 is 0 Å². The van der Waals surface area contributed by atoms with Gasteiger partial charge in [0.2, 0.25) is 11.8 Å². The molecule has 1 N–H and O–H groups in total. The number of benzene rings is 3. The van der Waals surface area contributed by atoms with Gasteiger partial charge in [-0.25, -0.2) is 8.42 Å². The van der Waals surface area contributed by atoms with Gasteiger partial charge in [-0.1, -0.05) is 30.3 Å². The van der Waals surface area contributed by atoms with Crippen molar-refractivity contribution in [3.05, 3.63) is 72.3 Å². The van der Waals surface area contributed by atoms with Crippen molar-refractivity contribution >= 4 is 27.5 Å². The summed E-state index contributed by atoms with van der Waals surface area (Å²) < 4.78 is 50.8. The fraction of sp³-hybridized carbons (Fsp3) is 0.310. The number of hydrogen-bond donors (Lipinski definition) is 1. The van der Waals surface area contributed by atoms with Crippen LogP contribution in [0.25, 0.3) is 0 Å². The number of carbonyl (C=O) groups excluding carboxylic acids is 2. The molecule has 0 spiro atoms. The molecule has 11 nitrogen and oxygen atoms in total. The van der Waals surface area contributed by atoms with Crippen molar-refractivity contribution in [3.63, 3.8) is 0 Å². The van der Waals surface area contributed by atoms with Crippen LogP contribution in [-0.2, 0) is 26.2 Å². The maximum Gasteiger partial charge on any atom is 0.265 e. The van der Waals surface area contributed by atoms with Crippen molar-refractivity contribution in [2.75, 3.05) is 46.3 Å². The smallest absolute Gasteiger partial charge is 0.265 e. The molecule has 0 unspecified atom stereocenters. The third-order valence-electron chi connectivity index (χ3n) is 6.49. The van der Waals surface area contributed by atoms with Gasteiger partial charge in [0.25, 0.3) is 10.0 Å². The summed E-state index contributed by atoms with van der Waals surface area (Å²) in [4.78, 5) is 27.8. The quantitative estimate of drug-likeness (QED) is 0.325. The molecule has 0 saturated carbocycles. The molecule has 3 rings (SSSR count). The van der Waals surface area contributed by atoms with E-state index >= 15 is 0 Å². The molecule has 0 heterocycles. The van der Waals surface area contributed by atoms with Gasteiger partial charge in [-0.15, -0.1) is 0 Å². The van der Waals surface area contributed by atoms with Crippen molar-refractivity contribution in [3.8, 4) is 23.0 Å². The standard InChI is InChI=1S/C29H35N3O8S/c1-20(29(34)30-2)31(18-21-10-8-7-9-11-21)28(33)19-32(24-16-22(37-3)12-14-25(24)38-4)41(35,36)23-13-15-26(39-5)27(17-23)40-6/h7-17,20H,18-19H2,1-6H3,(H,30,34)/t20-/m0/s1. The first-order chi connectivity index (χ1) is 19.6. The van der Waals surface area contributed by atoms with E-state index in [0.29, 0.717) is 11.5 Å². The zero-order chi connectivity index (χ0) is 30.2. The average molecular weight is 586 g/mol. The van der Waals surface area contributed by atoms with E-state index in [2.05, 4.69) is 5.32 Å². The molecule has 0 aromatic heterocycles. The summed E-state index contributed by atoms with van der Waals surface area (Å²) in [5, 5.41) is 2.56. The number of carbonyl (C=O) groups is 2. The Morgan fingerprint density at radius 3 is 2.05 bits per heavy atom. The van der Waals surface area contributed by atoms with Crippen LogP contribution in [0.3, 0.4) is 0 Å². The van der Waals surface area contributed by atoms with Crippen molar-refractivity contribution in [2.45, 2.75) is 24.4 Å². The summed E-state index contributed by atoms with van der Waals surface area (Å²) in [6.45, 7) is 1.01. The van der Waals surface area contributed by atoms with Crippen molar-refractivity contribution < 1.29 is 37.0 Å². The van der Waals surface area contributed by atoms with Crippen LogP contribution in [0, 0.1) is 0 Å². The Morgan fingerprint density at radius 1 is 0.829 bits per heavy atom. The van der Waals surface area contributed by atoms with E-state index in [4.69, 9.17) is 18.9 Å². The second kappa shape index (κ2) is 13.8. The molecule has 3 aromatic carbocycles. The van der Waals surface area contributed by atoms with Gasteiger partial charge in [-0.05, 0) is 36.8 Å². The van der Waals surface area contributed by atoms with Gasteiger partial charge in [-0.3, -0.25) is 13.9 Å². The minimum Gasteiger partial charge on any atom is -0.497 e. The fourth-order valence-electron chi connectivity index (χ4n) is 4.18. The summed E-state index contributed by atoms with van der Waals surface area (Å²) in [5.41, 5.74) is 0.840. The van der Waals surface area contributed by atoms with E-state index in [1.54, 1.807) is 19.1 Å². The molecule has 0 aliphatic heterocycles. The van der Waals surface area contributed by atoms with E-state index in [1.807, 2.05) is 30.3 Å². The lowest BCUT2D eigenvalue weighted by Gasteiger charge is -2.32. The number of ether oxygens (including phenoxy) is 4. The molecule has 0 aliphatic rings. The Hall–Kier alpha value is -4.45. The first kappa shape index (κ1) is 31.1. The predicted molar refractivity (Wildman–Crippen MR) is 154 cm³/mol. The van der Waals surface area contributed by atoms with Crippen molar-refractivity contribution in [1.82, 2.24) is 10.2 Å². The lowest BCUT2D eigenvalue weighted by atomic mass is 10.1. The minimum atomic E-state index is -4.41. The van der Waals surface area contributed by atoms with Gasteiger partial charge in [0.05, 0.1) is 39.0 Å². The van der Waals surface area contributed by atoms with Crippen LogP contribution in [0.1, 0.15) is 12.5 Å². The normalized spacial score (nSPS) is 11.7. The van der Waals surface area contributed by atoms with Crippen LogP contribution in [0.2, 0.25) is 0 Å². The molecule has 12 heteroatoms. The maximum atomic E-state index is 14.2. The first-order valence-corrected chi connectivity index (χ1v) is 14.1. The third-order valence-corrected chi connectivity index (χ3v) is 8.24. The van der Waals surface area contributed by atoms with E-state index in [9.17, 15) is 18.0 Å². The molecule has 220 valence electrons. The number of methoxy groups -OCH3 is 4.